The number of carbonyl (C=O) groups is 1. The van der Waals surface area contributed by atoms with Crippen LogP contribution in [-0.4, -0.2) is 17.6 Å². The van der Waals surface area contributed by atoms with Crippen LogP contribution in [0.4, 0.5) is 9.52 Å². The minimum Gasteiger partial charge on any atom is -0.462 e. The summed E-state index contributed by atoms with van der Waals surface area (Å²) in [6.07, 6.45) is 1.23. The number of rotatable bonds is 4. The van der Waals surface area contributed by atoms with Gasteiger partial charge in [0, 0.05) is 6.20 Å². The molecule has 0 aliphatic rings. The Bertz CT molecular complexity index is 718. The summed E-state index contributed by atoms with van der Waals surface area (Å²) in [6, 6.07) is 6.00. The van der Waals surface area contributed by atoms with Gasteiger partial charge in [0.2, 0.25) is 0 Å². The van der Waals surface area contributed by atoms with Crippen molar-refractivity contribution in [3.63, 3.8) is 0 Å². The van der Waals surface area contributed by atoms with Crippen LogP contribution >= 0.6 is 11.3 Å². The Hall–Kier alpha value is -2.46. The van der Waals surface area contributed by atoms with Crippen molar-refractivity contribution in [2.75, 3.05) is 11.9 Å². The predicted molar refractivity (Wildman–Crippen MR) is 73.5 cm³/mol. The normalized spacial score (nSPS) is 11.2. The number of carbonyl (C=O) groups excluding carboxylic acids is 1. The summed E-state index contributed by atoms with van der Waals surface area (Å²) in [6.45, 7) is 1.85. The summed E-state index contributed by atoms with van der Waals surface area (Å²) in [5.41, 5.74) is 0.485. The van der Waals surface area contributed by atoms with E-state index in [4.69, 9.17) is 10.00 Å². The van der Waals surface area contributed by atoms with Gasteiger partial charge in [0.1, 0.15) is 11.9 Å². The van der Waals surface area contributed by atoms with Crippen LogP contribution in [0.15, 0.2) is 30.0 Å². The minimum atomic E-state index is -0.699. The van der Waals surface area contributed by atoms with E-state index in [0.717, 1.165) is 0 Å². The van der Waals surface area contributed by atoms with Crippen molar-refractivity contribution in [1.29, 1.82) is 5.26 Å². The van der Waals surface area contributed by atoms with Gasteiger partial charge < -0.3 is 10.1 Å². The topological polar surface area (TPSA) is 75.0 Å². The molecular weight excluding hydrogens is 281 g/mol. The Morgan fingerprint density at radius 2 is 2.45 bits per heavy atom. The molecule has 7 heteroatoms. The second-order valence-electron chi connectivity index (χ2n) is 3.67. The molecule has 0 fully saturated rings. The van der Waals surface area contributed by atoms with E-state index in [-0.39, 0.29) is 18.0 Å². The van der Waals surface area contributed by atoms with Gasteiger partial charge in [-0.3, -0.25) is 0 Å². The lowest BCUT2D eigenvalue weighted by Gasteiger charge is -1.99. The Labute approximate surface area is 118 Å². The summed E-state index contributed by atoms with van der Waals surface area (Å²) in [5, 5.41) is 12.1. The fourth-order valence-corrected chi connectivity index (χ4v) is 2.30. The first-order chi connectivity index (χ1) is 9.63. The van der Waals surface area contributed by atoms with E-state index in [0.29, 0.717) is 15.3 Å². The number of ether oxygens (including phenoxy) is 1. The molecule has 1 N–H and O–H groups in total. The standard InChI is InChI=1S/C13H10FN3O2S/c1-2-19-12(18)8(6-15)7-16-13-17-10-4-3-9(14)5-11(10)20-13/h3-5,7H,2H2,1H3,(H,16,17)/b8-7+. The first-order valence-corrected chi connectivity index (χ1v) is 6.55. The third kappa shape index (κ3) is 3.10. The molecule has 2 rings (SSSR count). The Balaban J connectivity index is 2.19. The molecule has 0 spiro atoms. The average molecular weight is 291 g/mol. The third-order valence-electron chi connectivity index (χ3n) is 2.31. The summed E-state index contributed by atoms with van der Waals surface area (Å²) in [5.74, 6) is -1.04. The SMILES string of the molecule is CCOC(=O)/C(C#N)=C/Nc1nc2ccc(F)cc2s1. The second kappa shape index (κ2) is 6.12. The van der Waals surface area contributed by atoms with Gasteiger partial charge in [-0.2, -0.15) is 5.26 Å². The summed E-state index contributed by atoms with van der Waals surface area (Å²) in [7, 11) is 0. The maximum atomic E-state index is 13.0. The molecule has 0 amide bonds. The molecule has 1 aromatic carbocycles. The number of nitrogens with zero attached hydrogens (tertiary/aromatic N) is 2. The van der Waals surface area contributed by atoms with Crippen molar-refractivity contribution >= 4 is 32.7 Å². The molecule has 0 bridgehead atoms. The number of esters is 1. The predicted octanol–water partition coefficient (Wildman–Crippen LogP) is 2.82. The smallest absolute Gasteiger partial charge is 0.350 e. The van der Waals surface area contributed by atoms with Crippen molar-refractivity contribution in [1.82, 2.24) is 4.98 Å². The third-order valence-corrected chi connectivity index (χ3v) is 3.26. The number of thiazole rings is 1. The molecule has 20 heavy (non-hydrogen) atoms. The van der Waals surface area contributed by atoms with E-state index in [1.165, 1.54) is 29.7 Å². The molecular formula is C13H10FN3O2S. The van der Waals surface area contributed by atoms with Gasteiger partial charge in [0.25, 0.3) is 0 Å². The summed E-state index contributed by atoms with van der Waals surface area (Å²) >= 11 is 1.22. The van der Waals surface area contributed by atoms with Crippen LogP contribution in [0.5, 0.6) is 0 Å². The fraction of sp³-hybridized carbons (Fsp3) is 0.154. The van der Waals surface area contributed by atoms with Gasteiger partial charge in [0.05, 0.1) is 16.8 Å². The molecule has 0 unspecified atom stereocenters. The van der Waals surface area contributed by atoms with E-state index in [9.17, 15) is 9.18 Å². The molecule has 1 heterocycles. The molecule has 0 radical (unpaired) electrons. The van der Waals surface area contributed by atoms with Crippen molar-refractivity contribution in [2.24, 2.45) is 0 Å². The quantitative estimate of drug-likeness (QED) is 0.532. The van der Waals surface area contributed by atoms with Gasteiger partial charge in [-0.25, -0.2) is 14.2 Å². The number of fused-ring (bicyclic) bond motifs is 1. The molecule has 0 saturated carbocycles. The number of hydrogen-bond acceptors (Lipinski definition) is 6. The maximum Gasteiger partial charge on any atom is 0.350 e. The highest BCUT2D eigenvalue weighted by atomic mass is 32.1. The number of hydrogen-bond donors (Lipinski definition) is 1. The molecule has 0 saturated heterocycles. The van der Waals surface area contributed by atoms with Gasteiger partial charge in [-0.1, -0.05) is 11.3 Å². The lowest BCUT2D eigenvalue weighted by atomic mass is 10.3. The lowest BCUT2D eigenvalue weighted by Crippen LogP contribution is -2.07. The van der Waals surface area contributed by atoms with Gasteiger partial charge in [0.15, 0.2) is 10.7 Å². The van der Waals surface area contributed by atoms with E-state index in [2.05, 4.69) is 10.3 Å². The van der Waals surface area contributed by atoms with E-state index in [1.54, 1.807) is 19.1 Å². The highest BCUT2D eigenvalue weighted by Crippen LogP contribution is 2.26. The van der Waals surface area contributed by atoms with E-state index in [1.807, 2.05) is 0 Å². The highest BCUT2D eigenvalue weighted by molar-refractivity contribution is 7.22. The zero-order valence-electron chi connectivity index (χ0n) is 10.5. The first kappa shape index (κ1) is 14.0. The van der Waals surface area contributed by atoms with Crippen LogP contribution in [0.2, 0.25) is 0 Å². The molecule has 0 aliphatic heterocycles. The summed E-state index contributed by atoms with van der Waals surface area (Å²) < 4.78 is 18.4. The number of halogens is 1. The monoisotopic (exact) mass is 291 g/mol. The first-order valence-electron chi connectivity index (χ1n) is 5.74. The number of nitrogens with one attached hydrogen (secondary N) is 1. The fourth-order valence-electron chi connectivity index (χ4n) is 1.44. The average Bonchev–Trinajstić information content (AvgIpc) is 2.81. The molecule has 1 aromatic heterocycles. The molecule has 5 nitrogen and oxygen atoms in total. The van der Waals surface area contributed by atoms with Crippen LogP contribution in [-0.2, 0) is 9.53 Å². The Morgan fingerprint density at radius 1 is 1.65 bits per heavy atom. The Morgan fingerprint density at radius 3 is 3.15 bits per heavy atom. The number of benzene rings is 1. The number of nitriles is 1. The second-order valence-corrected chi connectivity index (χ2v) is 4.70. The largest absolute Gasteiger partial charge is 0.462 e. The van der Waals surface area contributed by atoms with Gasteiger partial charge in [-0.15, -0.1) is 0 Å². The molecule has 102 valence electrons. The lowest BCUT2D eigenvalue weighted by molar-refractivity contribution is -0.138. The van der Waals surface area contributed by atoms with Crippen LogP contribution in [0.25, 0.3) is 10.2 Å². The van der Waals surface area contributed by atoms with E-state index >= 15 is 0 Å². The zero-order chi connectivity index (χ0) is 14.5. The number of anilines is 1. The van der Waals surface area contributed by atoms with E-state index < -0.39 is 5.97 Å². The highest BCUT2D eigenvalue weighted by Gasteiger charge is 2.10. The van der Waals surface area contributed by atoms with Crippen molar-refractivity contribution < 1.29 is 13.9 Å². The van der Waals surface area contributed by atoms with Gasteiger partial charge in [-0.05, 0) is 25.1 Å². The van der Waals surface area contributed by atoms with Crippen molar-refractivity contribution in [2.45, 2.75) is 6.92 Å². The van der Waals surface area contributed by atoms with Crippen LogP contribution in [0.1, 0.15) is 6.92 Å². The molecule has 0 aliphatic carbocycles. The van der Waals surface area contributed by atoms with Crippen LogP contribution in [0.3, 0.4) is 0 Å². The van der Waals surface area contributed by atoms with Crippen LogP contribution < -0.4 is 5.32 Å². The van der Waals surface area contributed by atoms with Gasteiger partial charge >= 0.3 is 5.97 Å². The van der Waals surface area contributed by atoms with Crippen LogP contribution in [0, 0.1) is 17.1 Å². The van der Waals surface area contributed by atoms with Crippen molar-refractivity contribution in [3.05, 3.63) is 35.8 Å². The molecule has 2 aromatic rings. The minimum absolute atomic E-state index is 0.155. The zero-order valence-corrected chi connectivity index (χ0v) is 11.3. The van der Waals surface area contributed by atoms with Crippen molar-refractivity contribution in [3.8, 4) is 6.07 Å². The number of aromatic nitrogens is 1. The molecule has 0 atom stereocenters. The summed E-state index contributed by atoms with van der Waals surface area (Å²) in [4.78, 5) is 15.6. The Kier molecular flexibility index (Phi) is 4.27. The maximum absolute atomic E-state index is 13.0.